The molecule has 3 nitrogen and oxygen atoms in total. The summed E-state index contributed by atoms with van der Waals surface area (Å²) >= 11 is 0. The zero-order chi connectivity index (χ0) is 21.5. The number of halogens is 2. The molecule has 2 atom stereocenters. The van der Waals surface area contributed by atoms with Crippen molar-refractivity contribution in [3.8, 4) is 0 Å². The molecule has 0 bridgehead atoms. The maximum atomic E-state index is 14.1. The van der Waals surface area contributed by atoms with Gasteiger partial charge in [-0.3, -0.25) is 10.1 Å². The number of hydrogen-bond acceptors (Lipinski definition) is 2. The van der Waals surface area contributed by atoms with Gasteiger partial charge in [0.25, 0.3) is 0 Å². The number of hydrogen-bond donors (Lipinski definition) is 2. The van der Waals surface area contributed by atoms with Gasteiger partial charge in [0.2, 0.25) is 5.91 Å². The minimum atomic E-state index is -0.591. The second kappa shape index (κ2) is 10.1. The third-order valence-electron chi connectivity index (χ3n) is 5.25. The molecule has 0 spiro atoms. The molecule has 0 fully saturated rings. The lowest BCUT2D eigenvalue weighted by Crippen LogP contribution is -2.38. The Kier molecular flexibility index (Phi) is 7.31. The highest BCUT2D eigenvalue weighted by atomic mass is 19.1. The van der Waals surface area contributed by atoms with E-state index in [0.717, 1.165) is 11.1 Å². The summed E-state index contributed by atoms with van der Waals surface area (Å²) in [6.07, 6.45) is 1.03. The Balaban J connectivity index is 1.91. The van der Waals surface area contributed by atoms with Gasteiger partial charge in [-0.25, -0.2) is 8.78 Å². The smallest absolute Gasteiger partial charge is 0.241 e. The van der Waals surface area contributed by atoms with Gasteiger partial charge in [-0.1, -0.05) is 60.7 Å². The standard InChI is InChI=1S/C25H26F2N2O/c1-17-16-20(12-14-21(17)26)23(15-13-18-8-6-7-11-22(18)27)29-24(25(30)28-2)19-9-4-3-5-10-19/h3-12,14,16,23-24,29H,13,15H2,1-2H3,(H,28,30)/t23-,24?/m0/s1. The van der Waals surface area contributed by atoms with Crippen molar-refractivity contribution in [1.29, 1.82) is 0 Å². The molecule has 3 aromatic rings. The molecule has 0 saturated heterocycles. The van der Waals surface area contributed by atoms with Crippen LogP contribution in [-0.4, -0.2) is 13.0 Å². The summed E-state index contributed by atoms with van der Waals surface area (Å²) in [7, 11) is 1.59. The maximum absolute atomic E-state index is 14.1. The molecule has 0 heterocycles. The van der Waals surface area contributed by atoms with Gasteiger partial charge in [0, 0.05) is 13.1 Å². The van der Waals surface area contributed by atoms with E-state index in [9.17, 15) is 13.6 Å². The molecule has 5 heteroatoms. The Bertz CT molecular complexity index is 991. The molecule has 3 aromatic carbocycles. The summed E-state index contributed by atoms with van der Waals surface area (Å²) in [5.74, 6) is -0.703. The number of amides is 1. The Hall–Kier alpha value is -3.05. The topological polar surface area (TPSA) is 41.1 Å². The number of carbonyl (C=O) groups excluding carboxylic acids is 1. The van der Waals surface area contributed by atoms with Crippen LogP contribution in [0.15, 0.2) is 72.8 Å². The van der Waals surface area contributed by atoms with Crippen LogP contribution in [0.3, 0.4) is 0 Å². The quantitative estimate of drug-likeness (QED) is 0.549. The van der Waals surface area contributed by atoms with E-state index < -0.39 is 6.04 Å². The van der Waals surface area contributed by atoms with Crippen molar-refractivity contribution in [2.75, 3.05) is 7.05 Å². The second-order valence-electron chi connectivity index (χ2n) is 7.32. The van der Waals surface area contributed by atoms with Gasteiger partial charge in [0.15, 0.2) is 0 Å². The van der Waals surface area contributed by atoms with Crippen LogP contribution in [0, 0.1) is 18.6 Å². The van der Waals surface area contributed by atoms with Gasteiger partial charge < -0.3 is 5.32 Å². The van der Waals surface area contributed by atoms with Crippen LogP contribution in [-0.2, 0) is 11.2 Å². The molecule has 0 saturated carbocycles. The Morgan fingerprint density at radius 2 is 1.60 bits per heavy atom. The van der Waals surface area contributed by atoms with Gasteiger partial charge >= 0.3 is 0 Å². The Labute approximate surface area is 176 Å². The fourth-order valence-electron chi connectivity index (χ4n) is 3.55. The maximum Gasteiger partial charge on any atom is 0.241 e. The van der Waals surface area contributed by atoms with Crippen molar-refractivity contribution in [2.24, 2.45) is 0 Å². The molecule has 0 aliphatic heterocycles. The fourth-order valence-corrected chi connectivity index (χ4v) is 3.55. The lowest BCUT2D eigenvalue weighted by Gasteiger charge is -2.26. The first-order valence-electron chi connectivity index (χ1n) is 10.0. The molecule has 3 rings (SSSR count). The monoisotopic (exact) mass is 408 g/mol. The average Bonchev–Trinajstić information content (AvgIpc) is 2.77. The summed E-state index contributed by atoms with van der Waals surface area (Å²) in [6, 6.07) is 20.2. The molecular weight excluding hydrogens is 382 g/mol. The van der Waals surface area contributed by atoms with Crippen molar-refractivity contribution >= 4 is 5.91 Å². The SMILES string of the molecule is CNC(=O)C(N[C@@H](CCc1ccccc1F)c1ccc(F)c(C)c1)c1ccccc1. The summed E-state index contributed by atoms with van der Waals surface area (Å²) in [4.78, 5) is 12.6. The van der Waals surface area contributed by atoms with Crippen LogP contribution >= 0.6 is 0 Å². The van der Waals surface area contributed by atoms with Crippen LogP contribution in [0.2, 0.25) is 0 Å². The fraction of sp³-hybridized carbons (Fsp3) is 0.240. The van der Waals surface area contributed by atoms with Crippen LogP contribution in [0.25, 0.3) is 0 Å². The predicted octanol–water partition coefficient (Wildman–Crippen LogP) is 5.02. The third-order valence-corrected chi connectivity index (χ3v) is 5.25. The van der Waals surface area contributed by atoms with E-state index in [1.807, 2.05) is 30.3 Å². The first-order chi connectivity index (χ1) is 14.5. The van der Waals surface area contributed by atoms with Crippen LogP contribution in [0.4, 0.5) is 8.78 Å². The van der Waals surface area contributed by atoms with Crippen molar-refractivity contribution in [1.82, 2.24) is 10.6 Å². The van der Waals surface area contributed by atoms with Crippen LogP contribution in [0.5, 0.6) is 0 Å². The zero-order valence-electron chi connectivity index (χ0n) is 17.2. The number of benzene rings is 3. The number of rotatable bonds is 8. The molecule has 2 N–H and O–H groups in total. The van der Waals surface area contributed by atoms with E-state index >= 15 is 0 Å². The van der Waals surface area contributed by atoms with E-state index in [1.165, 1.54) is 12.1 Å². The molecule has 0 radical (unpaired) electrons. The zero-order valence-corrected chi connectivity index (χ0v) is 17.2. The lowest BCUT2D eigenvalue weighted by atomic mass is 9.95. The van der Waals surface area contributed by atoms with E-state index in [-0.39, 0.29) is 23.6 Å². The van der Waals surface area contributed by atoms with Crippen molar-refractivity contribution in [3.05, 3.63) is 107 Å². The summed E-state index contributed by atoms with van der Waals surface area (Å²) in [5.41, 5.74) is 2.82. The van der Waals surface area contributed by atoms with E-state index in [1.54, 1.807) is 44.3 Å². The minimum absolute atomic E-state index is 0.170. The van der Waals surface area contributed by atoms with Crippen molar-refractivity contribution in [2.45, 2.75) is 31.8 Å². The Morgan fingerprint density at radius 1 is 0.900 bits per heavy atom. The first kappa shape index (κ1) is 21.7. The molecule has 1 unspecified atom stereocenters. The van der Waals surface area contributed by atoms with Crippen LogP contribution < -0.4 is 10.6 Å². The van der Waals surface area contributed by atoms with Gasteiger partial charge in [-0.15, -0.1) is 0 Å². The number of likely N-dealkylation sites (N-methyl/N-ethyl adjacent to an activating group) is 1. The first-order valence-corrected chi connectivity index (χ1v) is 10.0. The largest absolute Gasteiger partial charge is 0.358 e. The highest BCUT2D eigenvalue weighted by Gasteiger charge is 2.24. The molecule has 156 valence electrons. The highest BCUT2D eigenvalue weighted by molar-refractivity contribution is 5.83. The molecule has 1 amide bonds. The average molecular weight is 408 g/mol. The molecular formula is C25H26F2N2O. The molecule has 0 aromatic heterocycles. The summed E-state index contributed by atoms with van der Waals surface area (Å²) in [6.45, 7) is 1.71. The molecule has 0 aliphatic rings. The Morgan fingerprint density at radius 3 is 2.27 bits per heavy atom. The van der Waals surface area contributed by atoms with Gasteiger partial charge in [0.05, 0.1) is 0 Å². The second-order valence-corrected chi connectivity index (χ2v) is 7.32. The van der Waals surface area contributed by atoms with Crippen molar-refractivity contribution in [3.63, 3.8) is 0 Å². The number of aryl methyl sites for hydroxylation is 2. The van der Waals surface area contributed by atoms with Gasteiger partial charge in [-0.05, 0) is 54.2 Å². The summed E-state index contributed by atoms with van der Waals surface area (Å²) < 4.78 is 28.0. The predicted molar refractivity (Wildman–Crippen MR) is 115 cm³/mol. The van der Waals surface area contributed by atoms with E-state index in [4.69, 9.17) is 0 Å². The van der Waals surface area contributed by atoms with Gasteiger partial charge in [0.1, 0.15) is 17.7 Å². The number of carbonyl (C=O) groups is 1. The van der Waals surface area contributed by atoms with Gasteiger partial charge in [-0.2, -0.15) is 0 Å². The molecule has 0 aliphatic carbocycles. The number of nitrogens with one attached hydrogen (secondary N) is 2. The van der Waals surface area contributed by atoms with E-state index in [2.05, 4.69) is 10.6 Å². The highest BCUT2D eigenvalue weighted by Crippen LogP contribution is 2.26. The summed E-state index contributed by atoms with van der Waals surface area (Å²) in [5, 5.41) is 6.12. The van der Waals surface area contributed by atoms with Crippen molar-refractivity contribution < 1.29 is 13.6 Å². The normalized spacial score (nSPS) is 12.9. The third kappa shape index (κ3) is 5.30. The molecule has 30 heavy (non-hydrogen) atoms. The lowest BCUT2D eigenvalue weighted by molar-refractivity contribution is -0.123. The van der Waals surface area contributed by atoms with Crippen LogP contribution in [0.1, 0.15) is 40.8 Å². The minimum Gasteiger partial charge on any atom is -0.358 e. The van der Waals surface area contributed by atoms with E-state index in [0.29, 0.717) is 24.0 Å².